The molecule has 0 heterocycles. The van der Waals surface area contributed by atoms with Crippen LogP contribution in [0.3, 0.4) is 0 Å². The van der Waals surface area contributed by atoms with Crippen molar-refractivity contribution in [1.82, 2.24) is 4.72 Å². The molecule has 27 heavy (non-hydrogen) atoms. The second-order valence-corrected chi connectivity index (χ2v) is 8.26. The summed E-state index contributed by atoms with van der Waals surface area (Å²) >= 11 is 11.7. The van der Waals surface area contributed by atoms with Crippen LogP contribution < -0.4 is 10.0 Å². The van der Waals surface area contributed by atoms with Crippen LogP contribution in [0.15, 0.2) is 41.3 Å². The lowest BCUT2D eigenvalue weighted by Gasteiger charge is -2.14. The first kappa shape index (κ1) is 21.6. The molecule has 1 unspecified atom stereocenters. The highest BCUT2D eigenvalue weighted by molar-refractivity contribution is 7.89. The number of hydrogen-bond donors (Lipinski definition) is 2. The van der Waals surface area contributed by atoms with Gasteiger partial charge in [-0.15, -0.1) is 0 Å². The van der Waals surface area contributed by atoms with Crippen molar-refractivity contribution in [3.05, 3.63) is 57.8 Å². The molecule has 0 spiro atoms. The first-order chi connectivity index (χ1) is 12.6. The van der Waals surface area contributed by atoms with Gasteiger partial charge in [-0.1, -0.05) is 23.2 Å². The van der Waals surface area contributed by atoms with E-state index in [9.17, 15) is 17.6 Å². The van der Waals surface area contributed by atoms with Gasteiger partial charge in [0.05, 0.1) is 27.8 Å². The minimum absolute atomic E-state index is 0.104. The number of amides is 1. The number of benzene rings is 2. The number of anilines is 1. The molecule has 0 aliphatic carbocycles. The van der Waals surface area contributed by atoms with E-state index < -0.39 is 27.8 Å². The third-order valence-corrected chi connectivity index (χ3v) is 5.58. The van der Waals surface area contributed by atoms with Crippen LogP contribution in [-0.2, 0) is 14.8 Å². The molecule has 0 bridgehead atoms. The zero-order valence-corrected chi connectivity index (χ0v) is 16.8. The highest BCUT2D eigenvalue weighted by atomic mass is 35.5. The molecule has 0 fully saturated rings. The molecule has 0 aromatic heterocycles. The number of rotatable bonds is 7. The molecule has 2 rings (SSSR count). The number of ether oxygens (including phenoxy) is 1. The Bertz CT molecular complexity index is 954. The van der Waals surface area contributed by atoms with Crippen LogP contribution in [-0.4, -0.2) is 34.1 Å². The van der Waals surface area contributed by atoms with Crippen molar-refractivity contribution in [2.24, 2.45) is 0 Å². The Labute approximate surface area is 166 Å². The molecule has 0 saturated carbocycles. The van der Waals surface area contributed by atoms with E-state index in [1.54, 1.807) is 6.92 Å². The van der Waals surface area contributed by atoms with Crippen molar-refractivity contribution in [2.75, 3.05) is 19.0 Å². The van der Waals surface area contributed by atoms with Crippen LogP contribution in [0.2, 0.25) is 10.0 Å². The van der Waals surface area contributed by atoms with Gasteiger partial charge in [0.25, 0.3) is 5.91 Å². The van der Waals surface area contributed by atoms with Gasteiger partial charge in [-0.2, -0.15) is 0 Å². The van der Waals surface area contributed by atoms with Crippen molar-refractivity contribution in [1.29, 1.82) is 0 Å². The summed E-state index contributed by atoms with van der Waals surface area (Å²) in [5, 5.41) is 2.81. The lowest BCUT2D eigenvalue weighted by molar-refractivity contribution is 0.102. The first-order valence-electron chi connectivity index (χ1n) is 7.71. The number of nitrogens with one attached hydrogen (secondary N) is 2. The summed E-state index contributed by atoms with van der Waals surface area (Å²) in [6.07, 6.45) is 0. The van der Waals surface area contributed by atoms with Gasteiger partial charge in [0.15, 0.2) is 0 Å². The average Bonchev–Trinajstić information content (AvgIpc) is 2.56. The number of carbonyl (C=O) groups excluding carboxylic acids is 1. The molecule has 10 heteroatoms. The Kier molecular flexibility index (Phi) is 7.19. The van der Waals surface area contributed by atoms with E-state index in [1.165, 1.54) is 31.4 Å². The Morgan fingerprint density at radius 3 is 2.52 bits per heavy atom. The highest BCUT2D eigenvalue weighted by Crippen LogP contribution is 2.24. The molecule has 146 valence electrons. The van der Waals surface area contributed by atoms with E-state index in [-0.39, 0.29) is 27.8 Å². The van der Waals surface area contributed by atoms with Gasteiger partial charge in [0.1, 0.15) is 5.82 Å². The zero-order valence-electron chi connectivity index (χ0n) is 14.4. The fourth-order valence-corrected chi connectivity index (χ4v) is 3.98. The summed E-state index contributed by atoms with van der Waals surface area (Å²) in [6, 6.07) is 6.93. The SMILES string of the molecule is COCC(C)NS(=O)(=O)c1ccc(NC(=O)c2ccc(Cl)cc2Cl)c(F)c1. The highest BCUT2D eigenvalue weighted by Gasteiger charge is 2.20. The van der Waals surface area contributed by atoms with Crippen LogP contribution in [0.5, 0.6) is 0 Å². The summed E-state index contributed by atoms with van der Waals surface area (Å²) in [7, 11) is -2.49. The Balaban J connectivity index is 2.20. The van der Waals surface area contributed by atoms with Crippen molar-refractivity contribution < 1.29 is 22.3 Å². The molecule has 2 aromatic carbocycles. The third-order valence-electron chi connectivity index (χ3n) is 3.45. The molecule has 0 aliphatic rings. The molecule has 1 amide bonds. The maximum absolute atomic E-state index is 14.3. The second kappa shape index (κ2) is 8.99. The predicted molar refractivity (Wildman–Crippen MR) is 102 cm³/mol. The first-order valence-corrected chi connectivity index (χ1v) is 9.95. The van der Waals surface area contributed by atoms with Crippen LogP contribution in [0, 0.1) is 5.82 Å². The fraction of sp³-hybridized carbons (Fsp3) is 0.235. The van der Waals surface area contributed by atoms with E-state index in [4.69, 9.17) is 27.9 Å². The molecule has 6 nitrogen and oxygen atoms in total. The standard InChI is InChI=1S/C17H17Cl2FN2O4S/c1-10(9-26-2)22-27(24,25)12-4-6-16(15(20)8-12)21-17(23)13-5-3-11(18)7-14(13)19/h3-8,10,22H,9H2,1-2H3,(H,21,23). The number of carbonyl (C=O) groups is 1. The zero-order chi connectivity index (χ0) is 20.2. The van der Waals surface area contributed by atoms with Gasteiger partial charge < -0.3 is 10.1 Å². The molecule has 0 radical (unpaired) electrons. The quantitative estimate of drug-likeness (QED) is 0.695. The summed E-state index contributed by atoms with van der Waals surface area (Å²) in [6.45, 7) is 1.78. The fourth-order valence-electron chi connectivity index (χ4n) is 2.24. The van der Waals surface area contributed by atoms with Gasteiger partial charge in [-0.3, -0.25) is 4.79 Å². The maximum Gasteiger partial charge on any atom is 0.257 e. The monoisotopic (exact) mass is 434 g/mol. The lowest BCUT2D eigenvalue weighted by atomic mass is 10.2. The summed E-state index contributed by atoms with van der Waals surface area (Å²) < 4.78 is 46.0. The average molecular weight is 435 g/mol. The molecule has 0 saturated heterocycles. The Hall–Kier alpha value is -1.71. The van der Waals surface area contributed by atoms with Crippen LogP contribution in [0.25, 0.3) is 0 Å². The number of sulfonamides is 1. The summed E-state index contributed by atoms with van der Waals surface area (Å²) in [4.78, 5) is 12.0. The molecular formula is C17H17Cl2FN2O4S. The predicted octanol–water partition coefficient (Wildman–Crippen LogP) is 3.70. The largest absolute Gasteiger partial charge is 0.383 e. The number of hydrogen-bond acceptors (Lipinski definition) is 4. The van der Waals surface area contributed by atoms with Crippen molar-refractivity contribution >= 4 is 44.8 Å². The van der Waals surface area contributed by atoms with Crippen LogP contribution >= 0.6 is 23.2 Å². The number of methoxy groups -OCH3 is 1. The molecule has 1 atom stereocenters. The molecular weight excluding hydrogens is 418 g/mol. The van der Waals surface area contributed by atoms with E-state index in [0.717, 1.165) is 12.1 Å². The Morgan fingerprint density at radius 2 is 1.93 bits per heavy atom. The second-order valence-electron chi connectivity index (χ2n) is 5.70. The molecule has 2 aromatic rings. The van der Waals surface area contributed by atoms with Gasteiger partial charge >= 0.3 is 0 Å². The van der Waals surface area contributed by atoms with Crippen molar-refractivity contribution in [2.45, 2.75) is 17.9 Å². The van der Waals surface area contributed by atoms with E-state index in [0.29, 0.717) is 5.02 Å². The Morgan fingerprint density at radius 1 is 1.22 bits per heavy atom. The topological polar surface area (TPSA) is 84.5 Å². The van der Waals surface area contributed by atoms with Gasteiger partial charge in [-0.05, 0) is 43.3 Å². The minimum Gasteiger partial charge on any atom is -0.383 e. The van der Waals surface area contributed by atoms with Crippen molar-refractivity contribution in [3.63, 3.8) is 0 Å². The molecule has 2 N–H and O–H groups in total. The van der Waals surface area contributed by atoms with E-state index in [1.807, 2.05) is 0 Å². The summed E-state index contributed by atoms with van der Waals surface area (Å²) in [5.74, 6) is -1.56. The van der Waals surface area contributed by atoms with Crippen LogP contribution in [0.1, 0.15) is 17.3 Å². The third kappa shape index (κ3) is 5.63. The minimum atomic E-state index is -3.93. The lowest BCUT2D eigenvalue weighted by Crippen LogP contribution is -2.35. The van der Waals surface area contributed by atoms with Gasteiger partial charge in [0, 0.05) is 18.2 Å². The normalized spacial score (nSPS) is 12.6. The van der Waals surface area contributed by atoms with Crippen molar-refractivity contribution in [3.8, 4) is 0 Å². The van der Waals surface area contributed by atoms with Gasteiger partial charge in [-0.25, -0.2) is 17.5 Å². The molecule has 0 aliphatic heterocycles. The van der Waals surface area contributed by atoms with E-state index >= 15 is 0 Å². The number of halogens is 3. The van der Waals surface area contributed by atoms with Gasteiger partial charge in [0.2, 0.25) is 10.0 Å². The smallest absolute Gasteiger partial charge is 0.257 e. The van der Waals surface area contributed by atoms with E-state index in [2.05, 4.69) is 10.0 Å². The van der Waals surface area contributed by atoms with Crippen LogP contribution in [0.4, 0.5) is 10.1 Å². The summed E-state index contributed by atoms with van der Waals surface area (Å²) in [5.41, 5.74) is -0.0814. The maximum atomic E-state index is 14.3.